The minimum atomic E-state index is 0. The fourth-order valence-electron chi connectivity index (χ4n) is 5.36. The van der Waals surface area contributed by atoms with Gasteiger partial charge in [0.1, 0.15) is 0 Å². The summed E-state index contributed by atoms with van der Waals surface area (Å²) in [5, 5.41) is 3.52. The van der Waals surface area contributed by atoms with E-state index in [0.717, 1.165) is 58.1 Å². The van der Waals surface area contributed by atoms with E-state index in [2.05, 4.69) is 52.4 Å². The van der Waals surface area contributed by atoms with E-state index in [1.807, 2.05) is 12.3 Å². The fourth-order valence-corrected chi connectivity index (χ4v) is 5.36. The van der Waals surface area contributed by atoms with Gasteiger partial charge in [-0.05, 0) is 63.1 Å². The van der Waals surface area contributed by atoms with E-state index in [0.29, 0.717) is 12.0 Å². The number of rotatable bonds is 8. The van der Waals surface area contributed by atoms with Crippen molar-refractivity contribution in [2.75, 3.05) is 32.7 Å². The minimum Gasteiger partial charge on any atom is -0.357 e. The Morgan fingerprint density at radius 3 is 2.68 bits per heavy atom. The maximum Gasteiger partial charge on any atom is 0.250 e. The molecule has 2 aliphatic heterocycles. The molecule has 2 fully saturated rings. The summed E-state index contributed by atoms with van der Waals surface area (Å²) in [7, 11) is 0. The highest BCUT2D eigenvalue weighted by Gasteiger charge is 2.36. The van der Waals surface area contributed by atoms with E-state index in [4.69, 9.17) is 4.99 Å². The lowest BCUT2D eigenvalue weighted by Gasteiger charge is -2.48. The van der Waals surface area contributed by atoms with Crippen LogP contribution in [0.15, 0.2) is 64.5 Å². The van der Waals surface area contributed by atoms with Crippen molar-refractivity contribution in [2.24, 2.45) is 10.9 Å². The van der Waals surface area contributed by atoms with Gasteiger partial charge in [-0.15, -0.1) is 24.0 Å². The SMILES string of the molecule is CCNC(=NCCCCn1ccccc1=O)N1CCC2C(CCCN2Cc2ccccc2)C1.I. The third-order valence-corrected chi connectivity index (χ3v) is 7.01. The lowest BCUT2D eigenvalue weighted by Crippen LogP contribution is -2.56. The van der Waals surface area contributed by atoms with Gasteiger partial charge in [-0.2, -0.15) is 0 Å². The number of piperidine rings is 2. The smallest absolute Gasteiger partial charge is 0.250 e. The van der Waals surface area contributed by atoms with E-state index in [1.165, 1.54) is 31.4 Å². The van der Waals surface area contributed by atoms with Gasteiger partial charge in [0.2, 0.25) is 5.56 Å². The monoisotopic (exact) mass is 577 g/mol. The van der Waals surface area contributed by atoms with Crippen LogP contribution in [0.3, 0.4) is 0 Å². The largest absolute Gasteiger partial charge is 0.357 e. The summed E-state index contributed by atoms with van der Waals surface area (Å²) in [5.74, 6) is 1.78. The second-order valence-electron chi connectivity index (χ2n) is 9.34. The van der Waals surface area contributed by atoms with Crippen LogP contribution in [-0.4, -0.2) is 59.1 Å². The van der Waals surface area contributed by atoms with Crippen LogP contribution in [0.2, 0.25) is 0 Å². The summed E-state index contributed by atoms with van der Waals surface area (Å²) in [6, 6.07) is 16.9. The maximum atomic E-state index is 11.8. The van der Waals surface area contributed by atoms with Gasteiger partial charge in [0.05, 0.1) is 0 Å². The minimum absolute atomic E-state index is 0. The van der Waals surface area contributed by atoms with E-state index < -0.39 is 0 Å². The summed E-state index contributed by atoms with van der Waals surface area (Å²) in [4.78, 5) is 22.0. The van der Waals surface area contributed by atoms with Crippen molar-refractivity contribution in [1.29, 1.82) is 0 Å². The molecular formula is C27H40IN5O. The zero-order valence-corrected chi connectivity index (χ0v) is 22.8. The first kappa shape index (κ1) is 26.7. The average Bonchev–Trinajstić information content (AvgIpc) is 2.85. The molecule has 6 nitrogen and oxygen atoms in total. The first-order chi connectivity index (χ1) is 16.2. The van der Waals surface area contributed by atoms with Crippen molar-refractivity contribution < 1.29 is 0 Å². The Bertz CT molecular complexity index is 947. The Balaban J connectivity index is 0.00000324. The van der Waals surface area contributed by atoms with Gasteiger partial charge in [-0.1, -0.05) is 36.4 Å². The van der Waals surface area contributed by atoms with Crippen molar-refractivity contribution in [1.82, 2.24) is 19.7 Å². The number of aryl methyl sites for hydroxylation is 1. The molecule has 3 heterocycles. The molecule has 186 valence electrons. The number of nitrogens with one attached hydrogen (secondary N) is 1. The van der Waals surface area contributed by atoms with E-state index in [-0.39, 0.29) is 29.5 Å². The Morgan fingerprint density at radius 2 is 1.88 bits per heavy atom. The highest BCUT2D eigenvalue weighted by atomic mass is 127. The second kappa shape index (κ2) is 13.9. The highest BCUT2D eigenvalue weighted by Crippen LogP contribution is 2.31. The molecule has 7 heteroatoms. The Hall–Kier alpha value is -1.87. The number of benzene rings is 1. The number of guanidine groups is 1. The van der Waals surface area contributed by atoms with Crippen LogP contribution >= 0.6 is 24.0 Å². The van der Waals surface area contributed by atoms with Crippen LogP contribution in [0.25, 0.3) is 0 Å². The number of likely N-dealkylation sites (tertiary alicyclic amines) is 2. The van der Waals surface area contributed by atoms with Crippen LogP contribution < -0.4 is 10.9 Å². The first-order valence-corrected chi connectivity index (χ1v) is 12.7. The number of hydrogen-bond acceptors (Lipinski definition) is 3. The number of halogens is 1. The quantitative estimate of drug-likeness (QED) is 0.221. The van der Waals surface area contributed by atoms with Gasteiger partial charge in [0, 0.05) is 57.6 Å². The maximum absolute atomic E-state index is 11.8. The molecule has 1 N–H and O–H groups in total. The normalized spacial score (nSPS) is 21.0. The summed E-state index contributed by atoms with van der Waals surface area (Å²) in [6.07, 6.45) is 7.63. The predicted molar refractivity (Wildman–Crippen MR) is 151 cm³/mol. The molecule has 2 unspecified atom stereocenters. The molecule has 2 aliphatic rings. The summed E-state index contributed by atoms with van der Waals surface area (Å²) < 4.78 is 1.78. The number of aliphatic imine (C=N–C) groups is 1. The van der Waals surface area contributed by atoms with Crippen LogP contribution in [-0.2, 0) is 13.1 Å². The Morgan fingerprint density at radius 1 is 1.06 bits per heavy atom. The molecule has 0 spiro atoms. The third-order valence-electron chi connectivity index (χ3n) is 7.01. The van der Waals surface area contributed by atoms with E-state index in [1.54, 1.807) is 16.7 Å². The van der Waals surface area contributed by atoms with Crippen molar-refractivity contribution in [3.05, 3.63) is 70.6 Å². The molecule has 4 rings (SSSR count). The molecule has 0 amide bonds. The summed E-state index contributed by atoms with van der Waals surface area (Å²) >= 11 is 0. The topological polar surface area (TPSA) is 52.9 Å². The van der Waals surface area contributed by atoms with Gasteiger partial charge < -0.3 is 14.8 Å². The van der Waals surface area contributed by atoms with Crippen molar-refractivity contribution in [2.45, 2.75) is 58.2 Å². The number of nitrogens with zero attached hydrogens (tertiary/aromatic N) is 4. The standard InChI is InChI=1S/C27H39N5O.HI/c1-2-28-27(29-16-7-9-18-30-17-8-6-14-26(30)33)32-20-15-25-24(22-32)13-10-19-31(25)21-23-11-4-3-5-12-23;/h3-6,8,11-12,14,17,24-25H,2,7,9-10,13,15-16,18-22H2,1H3,(H,28,29);1H. The summed E-state index contributed by atoms with van der Waals surface area (Å²) in [5.41, 5.74) is 1.50. The lowest BCUT2D eigenvalue weighted by atomic mass is 9.83. The van der Waals surface area contributed by atoms with Crippen LogP contribution in [0.1, 0.15) is 44.6 Å². The number of fused-ring (bicyclic) bond motifs is 1. The van der Waals surface area contributed by atoms with E-state index >= 15 is 0 Å². The first-order valence-electron chi connectivity index (χ1n) is 12.7. The molecule has 0 bridgehead atoms. The summed E-state index contributed by atoms with van der Waals surface area (Å²) in [6.45, 7) is 9.05. The van der Waals surface area contributed by atoms with Gasteiger partial charge >= 0.3 is 0 Å². The Kier molecular flexibility index (Phi) is 10.9. The van der Waals surface area contributed by atoms with Gasteiger partial charge in [0.25, 0.3) is 0 Å². The molecule has 2 saturated heterocycles. The van der Waals surface area contributed by atoms with Crippen LogP contribution in [0.5, 0.6) is 0 Å². The zero-order chi connectivity index (χ0) is 22.9. The number of pyridine rings is 1. The van der Waals surface area contributed by atoms with Crippen LogP contribution in [0, 0.1) is 5.92 Å². The van der Waals surface area contributed by atoms with Crippen LogP contribution in [0.4, 0.5) is 0 Å². The van der Waals surface area contributed by atoms with Crippen molar-refractivity contribution in [3.63, 3.8) is 0 Å². The number of unbranched alkanes of at least 4 members (excludes halogenated alkanes) is 1. The number of hydrogen-bond donors (Lipinski definition) is 1. The predicted octanol–water partition coefficient (Wildman–Crippen LogP) is 4.20. The molecular weight excluding hydrogens is 537 g/mol. The molecule has 0 saturated carbocycles. The number of aromatic nitrogens is 1. The molecule has 0 aliphatic carbocycles. The molecule has 34 heavy (non-hydrogen) atoms. The fraction of sp³-hybridized carbons (Fsp3) is 0.556. The molecule has 0 radical (unpaired) electrons. The van der Waals surface area contributed by atoms with Gasteiger partial charge in [-0.3, -0.25) is 14.7 Å². The van der Waals surface area contributed by atoms with E-state index in [9.17, 15) is 4.79 Å². The lowest BCUT2D eigenvalue weighted by molar-refractivity contribution is 0.0372. The zero-order valence-electron chi connectivity index (χ0n) is 20.4. The van der Waals surface area contributed by atoms with Crippen molar-refractivity contribution in [3.8, 4) is 0 Å². The molecule has 1 aromatic heterocycles. The third kappa shape index (κ3) is 7.31. The second-order valence-corrected chi connectivity index (χ2v) is 9.34. The molecule has 1 aromatic carbocycles. The Labute approximate surface area is 221 Å². The highest BCUT2D eigenvalue weighted by molar-refractivity contribution is 14.0. The average molecular weight is 578 g/mol. The van der Waals surface area contributed by atoms with Gasteiger partial charge in [0.15, 0.2) is 5.96 Å². The van der Waals surface area contributed by atoms with Gasteiger partial charge in [-0.25, -0.2) is 0 Å². The molecule has 2 aromatic rings. The van der Waals surface area contributed by atoms with Crippen molar-refractivity contribution >= 4 is 29.9 Å². The molecule has 2 atom stereocenters.